The van der Waals surface area contributed by atoms with E-state index in [0.29, 0.717) is 31.0 Å². The second kappa shape index (κ2) is 6.36. The average molecular weight is 337 g/mol. The lowest BCUT2D eigenvalue weighted by Crippen LogP contribution is -2.55. The Morgan fingerprint density at radius 2 is 2.26 bits per heavy atom. The van der Waals surface area contributed by atoms with Crippen molar-refractivity contribution in [2.45, 2.75) is 19.5 Å². The quantitative estimate of drug-likeness (QED) is 0.771. The monoisotopic (exact) mass is 337 g/mol. The van der Waals surface area contributed by atoms with Crippen LogP contribution in [0.5, 0.6) is 0 Å². The van der Waals surface area contributed by atoms with Gasteiger partial charge in [-0.1, -0.05) is 6.07 Å². The lowest BCUT2D eigenvalue weighted by molar-refractivity contribution is 0.280. The number of hydrogen-bond donors (Lipinski definition) is 2. The zero-order valence-electron chi connectivity index (χ0n) is 12.8. The summed E-state index contributed by atoms with van der Waals surface area (Å²) in [6.07, 6.45) is 1.63. The second-order valence-corrected chi connectivity index (χ2v) is 7.21. The minimum Gasteiger partial charge on any atom is -0.314 e. The summed E-state index contributed by atoms with van der Waals surface area (Å²) in [7, 11) is -3.60. The molecule has 9 heteroatoms. The Balaban J connectivity index is 1.79. The molecule has 0 radical (unpaired) electrons. The summed E-state index contributed by atoms with van der Waals surface area (Å²) in [5.41, 5.74) is 0.651. The van der Waals surface area contributed by atoms with Gasteiger partial charge in [-0.3, -0.25) is 9.20 Å². The predicted octanol–water partition coefficient (Wildman–Crippen LogP) is -0.677. The molecule has 124 valence electrons. The summed E-state index contributed by atoms with van der Waals surface area (Å²) < 4.78 is 30.2. The molecule has 0 amide bonds. The van der Waals surface area contributed by atoms with Crippen LogP contribution in [-0.2, 0) is 16.8 Å². The van der Waals surface area contributed by atoms with E-state index >= 15 is 0 Å². The third-order valence-electron chi connectivity index (χ3n) is 3.81. The maximum absolute atomic E-state index is 12.4. The summed E-state index contributed by atoms with van der Waals surface area (Å²) in [6.45, 7) is 3.51. The van der Waals surface area contributed by atoms with Gasteiger partial charge < -0.3 is 5.32 Å². The number of nitrogens with one attached hydrogen (secondary N) is 2. The van der Waals surface area contributed by atoms with Crippen molar-refractivity contribution in [3.8, 4) is 0 Å². The van der Waals surface area contributed by atoms with Crippen molar-refractivity contribution in [1.29, 1.82) is 0 Å². The standard InChI is InChI=1S/C14H19N5O3S/c1-11-9-15-5-7-19(11)23(21,22)16-10-12-8-14(20)18-6-3-2-4-13(18)17-12/h2-4,6,8,11,15-16H,5,7,9-10H2,1H3/t11-/m0/s1. The number of aromatic nitrogens is 2. The molecule has 23 heavy (non-hydrogen) atoms. The van der Waals surface area contributed by atoms with Crippen LogP contribution in [0.15, 0.2) is 35.3 Å². The van der Waals surface area contributed by atoms with Crippen LogP contribution in [0, 0.1) is 0 Å². The van der Waals surface area contributed by atoms with Crippen LogP contribution in [-0.4, -0.2) is 47.8 Å². The van der Waals surface area contributed by atoms with Gasteiger partial charge in [0.05, 0.1) is 12.2 Å². The molecule has 2 aromatic heterocycles. The molecule has 1 saturated heterocycles. The zero-order valence-corrected chi connectivity index (χ0v) is 13.6. The van der Waals surface area contributed by atoms with Crippen molar-refractivity contribution in [1.82, 2.24) is 23.7 Å². The SMILES string of the molecule is C[C@H]1CNCCN1S(=O)(=O)NCc1cc(=O)n2ccccc2n1. The Bertz CT molecular complexity index is 864. The Labute approximate surface area is 134 Å². The van der Waals surface area contributed by atoms with Crippen molar-refractivity contribution >= 4 is 15.9 Å². The normalized spacial score (nSPS) is 20.0. The van der Waals surface area contributed by atoms with Crippen LogP contribution < -0.4 is 15.6 Å². The molecule has 0 bridgehead atoms. The van der Waals surface area contributed by atoms with Gasteiger partial charge >= 0.3 is 0 Å². The van der Waals surface area contributed by atoms with Crippen molar-refractivity contribution in [2.24, 2.45) is 0 Å². The van der Waals surface area contributed by atoms with Crippen LogP contribution in [0.2, 0.25) is 0 Å². The molecule has 8 nitrogen and oxygen atoms in total. The molecule has 3 heterocycles. The van der Waals surface area contributed by atoms with E-state index in [1.165, 1.54) is 14.8 Å². The molecular formula is C14H19N5O3S. The number of piperazine rings is 1. The van der Waals surface area contributed by atoms with Crippen LogP contribution in [0.4, 0.5) is 0 Å². The van der Waals surface area contributed by atoms with E-state index in [-0.39, 0.29) is 18.1 Å². The fraction of sp³-hybridized carbons (Fsp3) is 0.429. The van der Waals surface area contributed by atoms with Gasteiger partial charge in [0, 0.05) is 37.9 Å². The summed E-state index contributed by atoms with van der Waals surface area (Å²) in [5.74, 6) is 0. The molecule has 1 aliphatic rings. The summed E-state index contributed by atoms with van der Waals surface area (Å²) in [5, 5.41) is 3.15. The van der Waals surface area contributed by atoms with Crippen LogP contribution in [0.3, 0.4) is 0 Å². The molecule has 1 aliphatic heterocycles. The minimum atomic E-state index is -3.60. The topological polar surface area (TPSA) is 95.8 Å². The van der Waals surface area contributed by atoms with Gasteiger partial charge in [0.25, 0.3) is 15.8 Å². The smallest absolute Gasteiger partial charge is 0.280 e. The third kappa shape index (κ3) is 3.42. The first-order chi connectivity index (χ1) is 11.0. The van der Waals surface area contributed by atoms with E-state index in [1.54, 1.807) is 24.4 Å². The van der Waals surface area contributed by atoms with E-state index < -0.39 is 10.2 Å². The van der Waals surface area contributed by atoms with Gasteiger partial charge in [-0.25, -0.2) is 4.98 Å². The molecule has 0 aromatic carbocycles. The maximum Gasteiger partial charge on any atom is 0.280 e. The van der Waals surface area contributed by atoms with Gasteiger partial charge in [0.2, 0.25) is 0 Å². The number of hydrogen-bond acceptors (Lipinski definition) is 5. The van der Waals surface area contributed by atoms with E-state index in [0.717, 1.165) is 0 Å². The van der Waals surface area contributed by atoms with Crippen molar-refractivity contribution < 1.29 is 8.42 Å². The van der Waals surface area contributed by atoms with Gasteiger partial charge in [-0.2, -0.15) is 17.4 Å². The largest absolute Gasteiger partial charge is 0.314 e. The lowest BCUT2D eigenvalue weighted by atomic mass is 10.3. The van der Waals surface area contributed by atoms with Crippen LogP contribution >= 0.6 is 0 Å². The highest BCUT2D eigenvalue weighted by molar-refractivity contribution is 7.87. The molecule has 0 unspecified atom stereocenters. The van der Waals surface area contributed by atoms with Gasteiger partial charge in [0.1, 0.15) is 5.65 Å². The van der Waals surface area contributed by atoms with E-state index in [1.807, 2.05) is 6.92 Å². The fourth-order valence-electron chi connectivity index (χ4n) is 2.62. The highest BCUT2D eigenvalue weighted by Crippen LogP contribution is 2.08. The Kier molecular flexibility index (Phi) is 4.44. The molecule has 2 aromatic rings. The van der Waals surface area contributed by atoms with Crippen molar-refractivity contribution in [3.05, 3.63) is 46.5 Å². The molecule has 2 N–H and O–H groups in total. The highest BCUT2D eigenvalue weighted by atomic mass is 32.2. The number of fused-ring (bicyclic) bond motifs is 1. The maximum atomic E-state index is 12.4. The summed E-state index contributed by atoms with van der Waals surface area (Å²) >= 11 is 0. The van der Waals surface area contributed by atoms with E-state index in [4.69, 9.17) is 0 Å². The Morgan fingerprint density at radius 1 is 1.43 bits per heavy atom. The van der Waals surface area contributed by atoms with Gasteiger partial charge in [0.15, 0.2) is 0 Å². The minimum absolute atomic E-state index is 0.0143. The first kappa shape index (κ1) is 16.1. The molecule has 0 saturated carbocycles. The fourth-order valence-corrected chi connectivity index (χ4v) is 4.00. The predicted molar refractivity (Wildman–Crippen MR) is 86.3 cm³/mol. The molecule has 1 atom stereocenters. The molecule has 0 aliphatic carbocycles. The Hall–Kier alpha value is -1.81. The van der Waals surface area contributed by atoms with Crippen molar-refractivity contribution in [3.63, 3.8) is 0 Å². The van der Waals surface area contributed by atoms with Crippen molar-refractivity contribution in [2.75, 3.05) is 19.6 Å². The zero-order chi connectivity index (χ0) is 16.4. The first-order valence-electron chi connectivity index (χ1n) is 7.42. The lowest BCUT2D eigenvalue weighted by Gasteiger charge is -2.32. The summed E-state index contributed by atoms with van der Waals surface area (Å²) in [6, 6.07) is 6.45. The molecular weight excluding hydrogens is 318 g/mol. The van der Waals surface area contributed by atoms with Crippen LogP contribution in [0.25, 0.3) is 5.65 Å². The first-order valence-corrected chi connectivity index (χ1v) is 8.86. The molecule has 3 rings (SSSR count). The number of rotatable bonds is 4. The average Bonchev–Trinajstić information content (AvgIpc) is 2.53. The second-order valence-electron chi connectivity index (χ2n) is 5.50. The highest BCUT2D eigenvalue weighted by Gasteiger charge is 2.29. The van der Waals surface area contributed by atoms with E-state index in [2.05, 4.69) is 15.0 Å². The van der Waals surface area contributed by atoms with Gasteiger partial charge in [-0.15, -0.1) is 0 Å². The number of pyridine rings is 1. The third-order valence-corrected chi connectivity index (χ3v) is 5.48. The Morgan fingerprint density at radius 3 is 3.04 bits per heavy atom. The summed E-state index contributed by atoms with van der Waals surface area (Å²) in [4.78, 5) is 16.3. The number of nitrogens with zero attached hydrogens (tertiary/aromatic N) is 3. The molecule has 1 fully saturated rings. The van der Waals surface area contributed by atoms with Gasteiger partial charge in [-0.05, 0) is 19.1 Å². The van der Waals surface area contributed by atoms with E-state index in [9.17, 15) is 13.2 Å². The van der Waals surface area contributed by atoms with Crippen LogP contribution in [0.1, 0.15) is 12.6 Å². The molecule has 0 spiro atoms.